The van der Waals surface area contributed by atoms with E-state index in [9.17, 15) is 9.90 Å². The zero-order valence-corrected chi connectivity index (χ0v) is 9.46. The van der Waals surface area contributed by atoms with Crippen LogP contribution in [0.1, 0.15) is 0 Å². The molecular weight excluding hydrogens is 303 g/mol. The molecule has 0 bridgehead atoms. The molecule has 2 N–H and O–H groups in total. The lowest BCUT2D eigenvalue weighted by molar-refractivity contribution is -0.150. The molecule has 2 radical (unpaired) electrons. The number of aliphatic hydroxyl groups excluding tert-OH is 2. The molecule has 0 amide bonds. The van der Waals surface area contributed by atoms with Crippen molar-refractivity contribution in [3.8, 4) is 0 Å². The number of carbonyl (C=O) groups is 1. The number of esters is 1. The van der Waals surface area contributed by atoms with Gasteiger partial charge < -0.3 is 19.7 Å². The van der Waals surface area contributed by atoms with Gasteiger partial charge in [0.05, 0.1) is 11.0 Å². The van der Waals surface area contributed by atoms with Crippen LogP contribution in [-0.2, 0) is 14.3 Å². The summed E-state index contributed by atoms with van der Waals surface area (Å²) in [6.45, 7) is 5.11. The summed E-state index contributed by atoms with van der Waals surface area (Å²) < 4.78 is 10.0. The van der Waals surface area contributed by atoms with E-state index in [1.54, 1.807) is 0 Å². The summed E-state index contributed by atoms with van der Waals surface area (Å²) in [5.41, 5.74) is 0. The molecule has 1 unspecified atom stereocenters. The molecule has 1 aliphatic rings. The van der Waals surface area contributed by atoms with Gasteiger partial charge in [-0.15, -0.1) is 0 Å². The van der Waals surface area contributed by atoms with E-state index in [-0.39, 0.29) is 11.0 Å². The maximum Gasteiger partial charge on any atom is 0.316 e. The molecular formula is C8H11IO5. The van der Waals surface area contributed by atoms with E-state index < -0.39 is 30.4 Å². The monoisotopic (exact) mass is 314 g/mol. The normalized spacial score (nSPS) is 37.1. The van der Waals surface area contributed by atoms with Crippen molar-refractivity contribution in [3.63, 3.8) is 0 Å². The highest BCUT2D eigenvalue weighted by molar-refractivity contribution is 14.1. The topological polar surface area (TPSA) is 76.0 Å². The Labute approximate surface area is 95.5 Å². The van der Waals surface area contributed by atoms with Crippen LogP contribution in [0.4, 0.5) is 0 Å². The molecule has 1 aliphatic heterocycles. The van der Waals surface area contributed by atoms with Crippen molar-refractivity contribution in [1.29, 1.82) is 0 Å². The lowest BCUT2D eigenvalue weighted by Crippen LogP contribution is -2.37. The van der Waals surface area contributed by atoms with Crippen LogP contribution in [0, 0.1) is 6.92 Å². The second-order valence-corrected chi connectivity index (χ2v) is 3.66. The van der Waals surface area contributed by atoms with E-state index in [4.69, 9.17) is 21.5 Å². The van der Waals surface area contributed by atoms with Crippen molar-refractivity contribution in [1.82, 2.24) is 0 Å². The van der Waals surface area contributed by atoms with Gasteiger partial charge in [-0.05, 0) is 0 Å². The average Bonchev–Trinajstić information content (AvgIpc) is 2.44. The number of hydrogen-bond donors (Lipinski definition) is 2. The van der Waals surface area contributed by atoms with Crippen LogP contribution in [0.15, 0.2) is 0 Å². The number of aliphatic hydroxyl groups is 2. The second kappa shape index (κ2) is 5.24. The summed E-state index contributed by atoms with van der Waals surface area (Å²) in [7, 11) is 0. The number of ether oxygens (including phenoxy) is 2. The fourth-order valence-electron chi connectivity index (χ4n) is 1.24. The Kier molecular flexibility index (Phi) is 4.55. The first-order valence-corrected chi connectivity index (χ1v) is 5.58. The zero-order valence-electron chi connectivity index (χ0n) is 7.30. The van der Waals surface area contributed by atoms with Crippen molar-refractivity contribution < 1.29 is 24.5 Å². The maximum atomic E-state index is 10.9. The molecule has 0 aromatic heterocycles. The molecule has 0 saturated carbocycles. The Balaban J connectivity index is 2.56. The number of hydrogen-bond acceptors (Lipinski definition) is 5. The third kappa shape index (κ3) is 2.56. The summed E-state index contributed by atoms with van der Waals surface area (Å²) in [5.74, 6) is -0.465. The molecule has 1 fully saturated rings. The van der Waals surface area contributed by atoms with Crippen LogP contribution in [0.2, 0.25) is 0 Å². The van der Waals surface area contributed by atoms with Crippen molar-refractivity contribution in [2.75, 3.05) is 11.0 Å². The van der Waals surface area contributed by atoms with E-state index in [1.807, 2.05) is 22.6 Å². The van der Waals surface area contributed by atoms with Gasteiger partial charge in [-0.3, -0.25) is 4.79 Å². The third-order valence-electron chi connectivity index (χ3n) is 1.93. The molecule has 0 aromatic rings. The van der Waals surface area contributed by atoms with E-state index in [0.29, 0.717) is 0 Å². The van der Waals surface area contributed by atoms with E-state index in [2.05, 4.69) is 0 Å². The van der Waals surface area contributed by atoms with Crippen LogP contribution in [-0.4, -0.2) is 51.6 Å². The molecule has 1 saturated heterocycles. The minimum absolute atomic E-state index is 0.178. The number of halogens is 1. The Morgan fingerprint density at radius 1 is 1.64 bits per heavy atom. The standard InChI is InChI=1S/C8H11IO5/c1-4-8(14-6(11)2-9)7(12)5(3-10)13-4/h1,4-5,7-8,10,12H,2-3H2/t4-,5+,7-,8?/m0/s1. The first-order valence-electron chi connectivity index (χ1n) is 4.05. The van der Waals surface area contributed by atoms with Crippen LogP contribution in [0.25, 0.3) is 0 Å². The first kappa shape index (κ1) is 12.2. The number of alkyl halides is 1. The fraction of sp³-hybridized carbons (Fsp3) is 0.750. The highest BCUT2D eigenvalue weighted by Crippen LogP contribution is 2.23. The summed E-state index contributed by atoms with van der Waals surface area (Å²) in [6.07, 6.45) is -3.62. The van der Waals surface area contributed by atoms with Gasteiger partial charge in [0.2, 0.25) is 0 Å². The molecule has 14 heavy (non-hydrogen) atoms. The van der Waals surface area contributed by atoms with Gasteiger partial charge in [0.15, 0.2) is 6.10 Å². The number of rotatable bonds is 3. The number of carbonyl (C=O) groups excluding carboxylic acids is 1. The third-order valence-corrected chi connectivity index (χ3v) is 2.55. The molecule has 0 aromatic carbocycles. The molecule has 1 heterocycles. The Morgan fingerprint density at radius 2 is 2.29 bits per heavy atom. The van der Waals surface area contributed by atoms with Crippen molar-refractivity contribution in [2.45, 2.75) is 24.4 Å². The predicted molar refractivity (Wildman–Crippen MR) is 54.8 cm³/mol. The summed E-state index contributed by atoms with van der Waals surface area (Å²) in [6, 6.07) is 0. The largest absolute Gasteiger partial charge is 0.456 e. The maximum absolute atomic E-state index is 10.9. The van der Waals surface area contributed by atoms with Crippen LogP contribution < -0.4 is 0 Å². The average molecular weight is 314 g/mol. The Bertz CT molecular complexity index is 210. The molecule has 0 spiro atoms. The molecule has 4 atom stereocenters. The second-order valence-electron chi connectivity index (χ2n) is 2.90. The van der Waals surface area contributed by atoms with Crippen LogP contribution >= 0.6 is 22.6 Å². The Morgan fingerprint density at radius 3 is 2.71 bits per heavy atom. The SMILES string of the molecule is [CH][C@@H]1O[C@H](CO)[C@H](O)C1OC(=O)CI. The highest BCUT2D eigenvalue weighted by atomic mass is 127. The van der Waals surface area contributed by atoms with Gasteiger partial charge in [0.25, 0.3) is 0 Å². The summed E-state index contributed by atoms with van der Waals surface area (Å²) >= 11 is 1.84. The minimum Gasteiger partial charge on any atom is -0.456 e. The van der Waals surface area contributed by atoms with Crippen LogP contribution in [0.5, 0.6) is 0 Å². The smallest absolute Gasteiger partial charge is 0.316 e. The van der Waals surface area contributed by atoms with E-state index in [1.165, 1.54) is 0 Å². The molecule has 6 heteroatoms. The summed E-state index contributed by atoms with van der Waals surface area (Å²) in [4.78, 5) is 10.9. The first-order chi connectivity index (χ1) is 6.60. The van der Waals surface area contributed by atoms with Gasteiger partial charge in [-0.25, -0.2) is 0 Å². The van der Waals surface area contributed by atoms with Gasteiger partial charge in [0.1, 0.15) is 18.3 Å². The fourth-order valence-corrected chi connectivity index (χ4v) is 1.42. The molecule has 0 aliphatic carbocycles. The predicted octanol–water partition coefficient (Wildman–Crippen LogP) is -0.835. The molecule has 80 valence electrons. The van der Waals surface area contributed by atoms with Gasteiger partial charge >= 0.3 is 5.97 Å². The quantitative estimate of drug-likeness (QED) is 0.404. The van der Waals surface area contributed by atoms with Crippen molar-refractivity contribution >= 4 is 28.6 Å². The van der Waals surface area contributed by atoms with Crippen LogP contribution in [0.3, 0.4) is 0 Å². The Hall–Kier alpha value is 0.0800. The zero-order chi connectivity index (χ0) is 10.7. The van der Waals surface area contributed by atoms with Crippen molar-refractivity contribution in [2.24, 2.45) is 0 Å². The van der Waals surface area contributed by atoms with Gasteiger partial charge in [0, 0.05) is 6.92 Å². The van der Waals surface area contributed by atoms with Gasteiger partial charge in [-0.2, -0.15) is 0 Å². The minimum atomic E-state index is -1.07. The molecule has 5 nitrogen and oxygen atoms in total. The van der Waals surface area contributed by atoms with E-state index >= 15 is 0 Å². The molecule has 1 rings (SSSR count). The lowest BCUT2D eigenvalue weighted by atomic mass is 10.1. The van der Waals surface area contributed by atoms with E-state index in [0.717, 1.165) is 0 Å². The van der Waals surface area contributed by atoms with Crippen molar-refractivity contribution in [3.05, 3.63) is 6.92 Å². The summed E-state index contributed by atoms with van der Waals surface area (Å²) in [5, 5.41) is 18.3. The highest BCUT2D eigenvalue weighted by Gasteiger charge is 2.43. The van der Waals surface area contributed by atoms with Gasteiger partial charge in [-0.1, -0.05) is 22.6 Å². The lowest BCUT2D eigenvalue weighted by Gasteiger charge is -2.17.